The van der Waals surface area contributed by atoms with Gasteiger partial charge in [-0.2, -0.15) is 0 Å². The first kappa shape index (κ1) is 19.3. The van der Waals surface area contributed by atoms with Crippen molar-refractivity contribution < 1.29 is 19.4 Å². The second-order valence-electron chi connectivity index (χ2n) is 10.6. The number of carbonyl (C=O) groups excluding carboxylic acids is 2. The molecule has 0 unspecified atom stereocenters. The average Bonchev–Trinajstić information content (AvgIpc) is 2.91. The molecule has 4 heteroatoms. The molecule has 0 aromatic heterocycles. The number of carbonyl (C=O) groups is 2. The molecule has 4 aliphatic rings. The summed E-state index contributed by atoms with van der Waals surface area (Å²) in [5.41, 5.74) is 0.522. The Hall–Kier alpha value is -1.06. The highest BCUT2D eigenvalue weighted by atomic mass is 16.5. The minimum Gasteiger partial charge on any atom is -0.550 e. The van der Waals surface area contributed by atoms with Crippen LogP contribution in [0.4, 0.5) is 0 Å². The highest BCUT2D eigenvalue weighted by Gasteiger charge is 2.60. The van der Waals surface area contributed by atoms with Crippen LogP contribution in [0.25, 0.3) is 0 Å². The molecule has 0 saturated heterocycles. The molecule has 4 nitrogen and oxygen atoms in total. The highest BCUT2D eigenvalue weighted by Crippen LogP contribution is 2.67. The van der Waals surface area contributed by atoms with Crippen LogP contribution in [0.2, 0.25) is 0 Å². The third-order valence-corrected chi connectivity index (χ3v) is 9.45. The Morgan fingerprint density at radius 1 is 0.963 bits per heavy atom. The normalized spacial score (nSPS) is 48.9. The summed E-state index contributed by atoms with van der Waals surface area (Å²) < 4.78 is 5.75. The van der Waals surface area contributed by atoms with Gasteiger partial charge in [-0.1, -0.05) is 13.8 Å². The van der Waals surface area contributed by atoms with E-state index in [1.807, 2.05) is 0 Å². The smallest absolute Gasteiger partial charge is 0.302 e. The van der Waals surface area contributed by atoms with Crippen LogP contribution in [-0.2, 0) is 14.3 Å². The quantitative estimate of drug-likeness (QED) is 0.705. The molecule has 0 N–H and O–H groups in total. The molecule has 0 aromatic carbocycles. The van der Waals surface area contributed by atoms with Gasteiger partial charge >= 0.3 is 5.97 Å². The van der Waals surface area contributed by atoms with E-state index in [1.54, 1.807) is 6.92 Å². The number of hydrogen-bond donors (Lipinski definition) is 0. The number of carboxylic acids is 1. The lowest BCUT2D eigenvalue weighted by Crippen LogP contribution is -2.54. The van der Waals surface area contributed by atoms with Gasteiger partial charge in [0.2, 0.25) is 0 Å². The largest absolute Gasteiger partial charge is 0.550 e. The van der Waals surface area contributed by atoms with Crippen LogP contribution in [0.5, 0.6) is 0 Å². The van der Waals surface area contributed by atoms with E-state index in [2.05, 4.69) is 13.8 Å². The van der Waals surface area contributed by atoms with Gasteiger partial charge in [0.05, 0.1) is 0 Å². The maximum Gasteiger partial charge on any atom is 0.302 e. The Balaban J connectivity index is 1.51. The Labute approximate surface area is 163 Å². The summed E-state index contributed by atoms with van der Waals surface area (Å²) in [6.07, 6.45) is 10.8. The van der Waals surface area contributed by atoms with Gasteiger partial charge < -0.3 is 14.6 Å². The van der Waals surface area contributed by atoms with E-state index in [-0.39, 0.29) is 23.9 Å². The fourth-order valence-electron chi connectivity index (χ4n) is 8.11. The molecule has 0 heterocycles. The summed E-state index contributed by atoms with van der Waals surface area (Å²) in [6, 6.07) is 0. The van der Waals surface area contributed by atoms with E-state index in [1.165, 1.54) is 38.5 Å². The first-order valence-electron chi connectivity index (χ1n) is 11.1. The molecule has 0 radical (unpaired) electrons. The molecule has 0 bridgehead atoms. The van der Waals surface area contributed by atoms with Crippen LogP contribution in [0, 0.1) is 40.4 Å². The highest BCUT2D eigenvalue weighted by molar-refractivity contribution is 5.66. The van der Waals surface area contributed by atoms with E-state index < -0.39 is 5.97 Å². The number of rotatable bonds is 3. The molecule has 4 aliphatic carbocycles. The molecular formula is C23H35O4-. The lowest BCUT2D eigenvalue weighted by molar-refractivity contribution is -0.307. The standard InChI is InChI=1S/C23H36O4/c1-14(24)27-20-7-6-18-17-5-4-16-12-15(13-21(25)26)8-10-22(16,2)19(17)9-11-23(18,20)3/h15-20H,4-13H2,1-3H3,(H,25,26)/p-1/t15-,16-,17+,18+,19+,20-,22-,23-/m0/s1. The zero-order valence-electron chi connectivity index (χ0n) is 17.2. The summed E-state index contributed by atoms with van der Waals surface area (Å²) >= 11 is 0. The summed E-state index contributed by atoms with van der Waals surface area (Å²) in [4.78, 5) is 22.6. The zero-order valence-corrected chi connectivity index (χ0v) is 17.2. The van der Waals surface area contributed by atoms with Gasteiger partial charge in [0.1, 0.15) is 6.10 Å². The number of fused-ring (bicyclic) bond motifs is 5. The number of aliphatic carboxylic acids is 1. The maximum absolute atomic E-state index is 11.6. The lowest BCUT2D eigenvalue weighted by Gasteiger charge is -2.61. The predicted molar refractivity (Wildman–Crippen MR) is 100 cm³/mol. The molecule has 4 fully saturated rings. The third-order valence-electron chi connectivity index (χ3n) is 9.45. The molecule has 0 amide bonds. The summed E-state index contributed by atoms with van der Waals surface area (Å²) in [6.45, 7) is 6.42. The van der Waals surface area contributed by atoms with E-state index in [9.17, 15) is 14.7 Å². The Morgan fingerprint density at radius 3 is 2.37 bits per heavy atom. The van der Waals surface area contributed by atoms with Crippen molar-refractivity contribution in [2.75, 3.05) is 0 Å². The molecule has 152 valence electrons. The van der Waals surface area contributed by atoms with Gasteiger partial charge in [0, 0.05) is 18.3 Å². The zero-order chi connectivity index (χ0) is 19.4. The molecule has 0 spiro atoms. The van der Waals surface area contributed by atoms with Crippen LogP contribution in [0.15, 0.2) is 0 Å². The van der Waals surface area contributed by atoms with Crippen molar-refractivity contribution in [2.45, 2.75) is 91.1 Å². The Morgan fingerprint density at radius 2 is 1.67 bits per heavy atom. The van der Waals surface area contributed by atoms with Crippen LogP contribution in [0.1, 0.15) is 85.0 Å². The number of carboxylic acid groups (broad SMARTS) is 1. The molecule has 8 atom stereocenters. The molecular weight excluding hydrogens is 340 g/mol. The van der Waals surface area contributed by atoms with Gasteiger partial charge in [-0.25, -0.2) is 0 Å². The predicted octanol–water partition coefficient (Wildman–Crippen LogP) is 3.72. The van der Waals surface area contributed by atoms with Gasteiger partial charge in [0.15, 0.2) is 0 Å². The second kappa shape index (κ2) is 6.77. The Kier molecular flexibility index (Phi) is 4.83. The van der Waals surface area contributed by atoms with Crippen LogP contribution in [-0.4, -0.2) is 18.0 Å². The van der Waals surface area contributed by atoms with E-state index in [0.29, 0.717) is 23.2 Å². The third kappa shape index (κ3) is 3.11. The van der Waals surface area contributed by atoms with Gasteiger partial charge in [-0.3, -0.25) is 4.79 Å². The van der Waals surface area contributed by atoms with Crippen molar-refractivity contribution in [2.24, 2.45) is 40.4 Å². The minimum absolute atomic E-state index is 0.102. The fourth-order valence-corrected chi connectivity index (χ4v) is 8.11. The molecule has 27 heavy (non-hydrogen) atoms. The molecule has 0 aromatic rings. The average molecular weight is 376 g/mol. The van der Waals surface area contributed by atoms with Crippen molar-refractivity contribution in [1.29, 1.82) is 0 Å². The van der Waals surface area contributed by atoms with Crippen LogP contribution in [0.3, 0.4) is 0 Å². The van der Waals surface area contributed by atoms with Gasteiger partial charge in [-0.05, 0) is 99.2 Å². The maximum atomic E-state index is 11.6. The number of ether oxygens (including phenoxy) is 1. The summed E-state index contributed by atoms with van der Waals surface area (Å²) in [5, 5.41) is 11.1. The number of esters is 1. The fraction of sp³-hybridized carbons (Fsp3) is 0.913. The minimum atomic E-state index is -0.881. The molecule has 0 aliphatic heterocycles. The topological polar surface area (TPSA) is 66.4 Å². The number of hydrogen-bond acceptors (Lipinski definition) is 4. The van der Waals surface area contributed by atoms with Crippen molar-refractivity contribution in [1.82, 2.24) is 0 Å². The van der Waals surface area contributed by atoms with E-state index >= 15 is 0 Å². The first-order valence-corrected chi connectivity index (χ1v) is 11.1. The van der Waals surface area contributed by atoms with Crippen molar-refractivity contribution in [3.63, 3.8) is 0 Å². The van der Waals surface area contributed by atoms with Crippen molar-refractivity contribution in [3.05, 3.63) is 0 Å². The van der Waals surface area contributed by atoms with Crippen molar-refractivity contribution >= 4 is 11.9 Å². The summed E-state index contributed by atoms with van der Waals surface area (Å²) in [7, 11) is 0. The van der Waals surface area contributed by atoms with Crippen LogP contribution < -0.4 is 5.11 Å². The van der Waals surface area contributed by atoms with E-state index in [4.69, 9.17) is 4.74 Å². The van der Waals surface area contributed by atoms with Crippen molar-refractivity contribution in [3.8, 4) is 0 Å². The van der Waals surface area contributed by atoms with E-state index in [0.717, 1.165) is 31.1 Å². The first-order chi connectivity index (χ1) is 12.7. The van der Waals surface area contributed by atoms with Crippen LogP contribution >= 0.6 is 0 Å². The second-order valence-corrected chi connectivity index (χ2v) is 10.6. The Bertz CT molecular complexity index is 615. The molecule has 4 rings (SSSR count). The monoisotopic (exact) mass is 375 g/mol. The SMILES string of the molecule is CC(=O)O[C@H]1CC[C@@H]2[C@H]3CC[C@H]4C[C@@H](CC(=O)[O-])CC[C@]4(C)[C@@H]3CC[C@]12C. The summed E-state index contributed by atoms with van der Waals surface area (Å²) in [5.74, 6) is 2.17. The van der Waals surface area contributed by atoms with Gasteiger partial charge in [0.25, 0.3) is 0 Å². The van der Waals surface area contributed by atoms with Gasteiger partial charge in [-0.15, -0.1) is 0 Å². The molecule has 4 saturated carbocycles. The lowest BCUT2D eigenvalue weighted by atomic mass is 9.44.